The van der Waals surface area contributed by atoms with Crippen LogP contribution in [0.5, 0.6) is 0 Å². The van der Waals surface area contributed by atoms with Gasteiger partial charge in [0.25, 0.3) is 0 Å². The third kappa shape index (κ3) is 2.23. The Bertz CT molecular complexity index is 467. The molecule has 0 bridgehead atoms. The van der Waals surface area contributed by atoms with E-state index in [0.29, 0.717) is 0 Å². The summed E-state index contributed by atoms with van der Waals surface area (Å²) in [4.78, 5) is 4.60. The predicted octanol–water partition coefficient (Wildman–Crippen LogP) is 2.53. The molecule has 3 nitrogen and oxygen atoms in total. The average molecular weight is 236 g/mol. The van der Waals surface area contributed by atoms with E-state index in [9.17, 15) is 0 Å². The summed E-state index contributed by atoms with van der Waals surface area (Å²) < 4.78 is 2.22. The van der Waals surface area contributed by atoms with Crippen molar-refractivity contribution in [3.63, 3.8) is 0 Å². The summed E-state index contributed by atoms with van der Waals surface area (Å²) in [5.41, 5.74) is 2.24. The Kier molecular flexibility index (Phi) is 3.85. The van der Waals surface area contributed by atoms with E-state index in [0.717, 1.165) is 29.4 Å². The molecule has 0 saturated carbocycles. The summed E-state index contributed by atoms with van der Waals surface area (Å²) >= 11 is 1.71. The quantitative estimate of drug-likeness (QED) is 0.640. The van der Waals surface area contributed by atoms with E-state index in [4.69, 9.17) is 5.11 Å². The van der Waals surface area contributed by atoms with Gasteiger partial charge in [0.2, 0.25) is 0 Å². The summed E-state index contributed by atoms with van der Waals surface area (Å²) in [5.74, 6) is 0.916. The number of thioether (sulfide) groups is 1. The molecule has 0 spiro atoms. The first-order chi connectivity index (χ1) is 7.86. The van der Waals surface area contributed by atoms with Crippen molar-refractivity contribution in [1.29, 1.82) is 0 Å². The summed E-state index contributed by atoms with van der Waals surface area (Å²) in [7, 11) is 0. The topological polar surface area (TPSA) is 38.0 Å². The first-order valence-corrected chi connectivity index (χ1v) is 6.54. The van der Waals surface area contributed by atoms with Gasteiger partial charge in [-0.1, -0.05) is 23.9 Å². The second-order valence-corrected chi connectivity index (χ2v) is 4.62. The molecular weight excluding hydrogens is 220 g/mol. The third-order valence-electron chi connectivity index (χ3n) is 2.47. The summed E-state index contributed by atoms with van der Waals surface area (Å²) in [6.45, 7) is 3.31. The minimum Gasteiger partial charge on any atom is -0.396 e. The molecule has 4 heteroatoms. The van der Waals surface area contributed by atoms with Gasteiger partial charge in [-0.2, -0.15) is 0 Å². The van der Waals surface area contributed by atoms with Gasteiger partial charge in [0.05, 0.1) is 11.0 Å². The predicted molar refractivity (Wildman–Crippen MR) is 67.8 cm³/mol. The zero-order valence-electron chi connectivity index (χ0n) is 9.39. The van der Waals surface area contributed by atoms with E-state index < -0.39 is 0 Å². The highest BCUT2D eigenvalue weighted by Crippen LogP contribution is 2.24. The monoisotopic (exact) mass is 236 g/mol. The molecule has 0 aliphatic heterocycles. The van der Waals surface area contributed by atoms with Gasteiger partial charge in [0, 0.05) is 18.9 Å². The van der Waals surface area contributed by atoms with Crippen LogP contribution in [0.4, 0.5) is 0 Å². The van der Waals surface area contributed by atoms with E-state index >= 15 is 0 Å². The maximum absolute atomic E-state index is 8.77. The SMILES string of the molecule is CCn1c(SCCCO)nc2ccccc21. The molecule has 0 fully saturated rings. The molecule has 0 aliphatic rings. The van der Waals surface area contributed by atoms with Crippen LogP contribution in [0.2, 0.25) is 0 Å². The molecule has 0 amide bonds. The number of aryl methyl sites for hydroxylation is 1. The highest BCUT2D eigenvalue weighted by molar-refractivity contribution is 7.99. The van der Waals surface area contributed by atoms with Crippen molar-refractivity contribution in [2.45, 2.75) is 25.0 Å². The fourth-order valence-corrected chi connectivity index (χ4v) is 2.70. The molecule has 1 N–H and O–H groups in total. The molecule has 1 aromatic carbocycles. The molecule has 0 saturated heterocycles. The maximum Gasteiger partial charge on any atom is 0.169 e. The lowest BCUT2D eigenvalue weighted by Gasteiger charge is -2.04. The molecule has 0 aliphatic carbocycles. The summed E-state index contributed by atoms with van der Waals surface area (Å²) in [6.07, 6.45) is 0.817. The maximum atomic E-state index is 8.77. The van der Waals surface area contributed by atoms with E-state index in [2.05, 4.69) is 22.5 Å². The first-order valence-electron chi connectivity index (χ1n) is 5.55. The number of hydrogen-bond donors (Lipinski definition) is 1. The van der Waals surface area contributed by atoms with Crippen LogP contribution in [0.1, 0.15) is 13.3 Å². The van der Waals surface area contributed by atoms with Crippen molar-refractivity contribution >= 4 is 22.8 Å². The minimum absolute atomic E-state index is 0.249. The average Bonchev–Trinajstić information content (AvgIpc) is 2.67. The van der Waals surface area contributed by atoms with Gasteiger partial charge in [-0.3, -0.25) is 0 Å². The fourth-order valence-electron chi connectivity index (χ4n) is 1.70. The number of rotatable bonds is 5. The first kappa shape index (κ1) is 11.5. The number of nitrogens with zero attached hydrogens (tertiary/aromatic N) is 2. The van der Waals surface area contributed by atoms with Crippen molar-refractivity contribution in [1.82, 2.24) is 9.55 Å². The van der Waals surface area contributed by atoms with Gasteiger partial charge in [0.1, 0.15) is 0 Å². The van der Waals surface area contributed by atoms with Gasteiger partial charge in [0.15, 0.2) is 5.16 Å². The number of aliphatic hydroxyl groups is 1. The van der Waals surface area contributed by atoms with Crippen LogP contribution in [-0.4, -0.2) is 27.0 Å². The Hall–Kier alpha value is -1.00. The zero-order valence-corrected chi connectivity index (χ0v) is 10.2. The third-order valence-corrected chi connectivity index (χ3v) is 3.53. The highest BCUT2D eigenvalue weighted by atomic mass is 32.2. The Labute approximate surface area is 99.5 Å². The number of imidazole rings is 1. The van der Waals surface area contributed by atoms with Gasteiger partial charge in [-0.25, -0.2) is 4.98 Å². The molecule has 16 heavy (non-hydrogen) atoms. The van der Waals surface area contributed by atoms with Gasteiger partial charge in [-0.15, -0.1) is 0 Å². The number of benzene rings is 1. The van der Waals surface area contributed by atoms with E-state index in [-0.39, 0.29) is 6.61 Å². The Balaban J connectivity index is 2.29. The van der Waals surface area contributed by atoms with E-state index in [1.807, 2.05) is 18.2 Å². The Morgan fingerprint density at radius 1 is 1.38 bits per heavy atom. The van der Waals surface area contributed by atoms with Crippen molar-refractivity contribution in [2.24, 2.45) is 0 Å². The molecule has 0 atom stereocenters. The van der Waals surface area contributed by atoms with Crippen LogP contribution in [0.15, 0.2) is 29.4 Å². The van der Waals surface area contributed by atoms with Crippen molar-refractivity contribution in [3.05, 3.63) is 24.3 Å². The van der Waals surface area contributed by atoms with E-state index in [1.54, 1.807) is 11.8 Å². The van der Waals surface area contributed by atoms with Gasteiger partial charge < -0.3 is 9.67 Å². The summed E-state index contributed by atoms with van der Waals surface area (Å²) in [6, 6.07) is 8.19. The molecule has 2 rings (SSSR count). The number of aliphatic hydroxyl groups excluding tert-OH is 1. The number of para-hydroxylation sites is 2. The lowest BCUT2D eigenvalue weighted by Crippen LogP contribution is -1.97. The van der Waals surface area contributed by atoms with Crippen molar-refractivity contribution in [2.75, 3.05) is 12.4 Å². The molecule has 86 valence electrons. The largest absolute Gasteiger partial charge is 0.396 e. The highest BCUT2D eigenvalue weighted by Gasteiger charge is 2.08. The number of fused-ring (bicyclic) bond motifs is 1. The molecule has 2 aromatic rings. The Morgan fingerprint density at radius 2 is 2.19 bits per heavy atom. The van der Waals surface area contributed by atoms with Crippen molar-refractivity contribution in [3.8, 4) is 0 Å². The molecule has 1 aromatic heterocycles. The lowest BCUT2D eigenvalue weighted by molar-refractivity contribution is 0.296. The van der Waals surface area contributed by atoms with E-state index in [1.165, 1.54) is 5.52 Å². The zero-order chi connectivity index (χ0) is 11.4. The van der Waals surface area contributed by atoms with Crippen LogP contribution >= 0.6 is 11.8 Å². The molecule has 0 radical (unpaired) electrons. The normalized spacial score (nSPS) is 11.1. The standard InChI is InChI=1S/C12H16N2OS/c1-2-14-11-7-4-3-6-10(11)13-12(14)16-9-5-8-15/h3-4,6-7,15H,2,5,8-9H2,1H3. The van der Waals surface area contributed by atoms with Crippen LogP contribution in [0, 0.1) is 0 Å². The molecule has 0 unspecified atom stereocenters. The number of hydrogen-bond acceptors (Lipinski definition) is 3. The van der Waals surface area contributed by atoms with Crippen LogP contribution in [0.25, 0.3) is 11.0 Å². The van der Waals surface area contributed by atoms with Gasteiger partial charge >= 0.3 is 0 Å². The van der Waals surface area contributed by atoms with Crippen LogP contribution in [-0.2, 0) is 6.54 Å². The smallest absolute Gasteiger partial charge is 0.169 e. The van der Waals surface area contributed by atoms with Crippen LogP contribution in [0.3, 0.4) is 0 Å². The minimum atomic E-state index is 0.249. The lowest BCUT2D eigenvalue weighted by atomic mass is 10.3. The van der Waals surface area contributed by atoms with Gasteiger partial charge in [-0.05, 0) is 25.5 Å². The molecular formula is C12H16N2OS. The second kappa shape index (κ2) is 5.37. The molecule has 1 heterocycles. The van der Waals surface area contributed by atoms with Crippen molar-refractivity contribution < 1.29 is 5.11 Å². The van der Waals surface area contributed by atoms with Crippen LogP contribution < -0.4 is 0 Å². The fraction of sp³-hybridized carbons (Fsp3) is 0.417. The second-order valence-electron chi connectivity index (χ2n) is 3.55. The number of aromatic nitrogens is 2. The summed E-state index contributed by atoms with van der Waals surface area (Å²) in [5, 5.41) is 9.82. The Morgan fingerprint density at radius 3 is 2.94 bits per heavy atom.